The Bertz CT molecular complexity index is 372. The largest absolute Gasteiger partial charge is 0.369 e. The number of aromatic nitrogens is 1. The maximum atomic E-state index is 6.13. The van der Waals surface area contributed by atoms with Gasteiger partial charge in [0.25, 0.3) is 0 Å². The summed E-state index contributed by atoms with van der Waals surface area (Å²) in [4.78, 5) is 4.46. The number of rotatable bonds is 6. The monoisotopic (exact) mass is 292 g/mol. The summed E-state index contributed by atoms with van der Waals surface area (Å²) >= 11 is 13.9. The standard InChI is InChI=1S/C12H18Cl2N2S/c1-4-8(3)7-17-12-10(14)6-9(13)11(16-12)15-5-2/h6,8H,4-5,7H2,1-3H3,(H,15,16). The van der Waals surface area contributed by atoms with Crippen LogP contribution in [0.1, 0.15) is 27.2 Å². The number of pyridine rings is 1. The summed E-state index contributed by atoms with van der Waals surface area (Å²) in [7, 11) is 0. The first-order valence-corrected chi connectivity index (χ1v) is 7.55. The van der Waals surface area contributed by atoms with Crippen molar-refractivity contribution in [1.82, 2.24) is 4.98 Å². The summed E-state index contributed by atoms with van der Waals surface area (Å²) in [5.74, 6) is 2.40. The molecule has 1 aromatic heterocycles. The molecule has 1 aromatic rings. The molecule has 0 amide bonds. The van der Waals surface area contributed by atoms with Crippen LogP contribution < -0.4 is 5.32 Å². The lowest BCUT2D eigenvalue weighted by Crippen LogP contribution is -2.02. The molecule has 0 aliphatic heterocycles. The van der Waals surface area contributed by atoms with Crippen molar-refractivity contribution < 1.29 is 0 Å². The number of thioether (sulfide) groups is 1. The van der Waals surface area contributed by atoms with Crippen molar-refractivity contribution in [2.45, 2.75) is 32.2 Å². The second kappa shape index (κ2) is 7.34. The van der Waals surface area contributed by atoms with Crippen LogP contribution in [-0.4, -0.2) is 17.3 Å². The zero-order valence-corrected chi connectivity index (χ0v) is 12.7. The van der Waals surface area contributed by atoms with E-state index in [9.17, 15) is 0 Å². The van der Waals surface area contributed by atoms with Gasteiger partial charge >= 0.3 is 0 Å². The maximum Gasteiger partial charge on any atom is 0.146 e. The van der Waals surface area contributed by atoms with Crippen molar-refractivity contribution in [1.29, 1.82) is 0 Å². The van der Waals surface area contributed by atoms with Crippen molar-refractivity contribution in [3.05, 3.63) is 16.1 Å². The average molecular weight is 293 g/mol. The Balaban J connectivity index is 2.80. The summed E-state index contributed by atoms with van der Waals surface area (Å²) in [5.41, 5.74) is 0. The lowest BCUT2D eigenvalue weighted by molar-refractivity contribution is 0.636. The minimum atomic E-state index is 0.574. The van der Waals surface area contributed by atoms with Crippen LogP contribution in [0.25, 0.3) is 0 Å². The first kappa shape index (κ1) is 14.9. The van der Waals surface area contributed by atoms with Crippen LogP contribution in [0.15, 0.2) is 11.1 Å². The minimum absolute atomic E-state index is 0.574. The third kappa shape index (κ3) is 4.57. The summed E-state index contributed by atoms with van der Waals surface area (Å²) < 4.78 is 0. The molecule has 2 nitrogen and oxygen atoms in total. The highest BCUT2D eigenvalue weighted by Crippen LogP contribution is 2.32. The number of anilines is 1. The molecule has 0 saturated heterocycles. The van der Waals surface area contributed by atoms with Gasteiger partial charge in [-0.25, -0.2) is 4.98 Å². The van der Waals surface area contributed by atoms with Gasteiger partial charge in [-0.2, -0.15) is 0 Å². The third-order valence-electron chi connectivity index (χ3n) is 2.44. The Hall–Kier alpha value is -0.120. The van der Waals surface area contributed by atoms with Gasteiger partial charge in [0, 0.05) is 12.3 Å². The molecule has 1 unspecified atom stereocenters. The fraction of sp³-hybridized carbons (Fsp3) is 0.583. The van der Waals surface area contributed by atoms with Crippen LogP contribution in [0.3, 0.4) is 0 Å². The molecule has 1 heterocycles. The number of nitrogens with zero attached hydrogens (tertiary/aromatic N) is 1. The molecule has 1 N–H and O–H groups in total. The molecule has 5 heteroatoms. The molecule has 0 radical (unpaired) electrons. The topological polar surface area (TPSA) is 24.9 Å². The second-order valence-electron chi connectivity index (χ2n) is 3.96. The van der Waals surface area contributed by atoms with E-state index in [0.717, 1.165) is 23.7 Å². The van der Waals surface area contributed by atoms with Gasteiger partial charge in [0.15, 0.2) is 0 Å². The van der Waals surface area contributed by atoms with E-state index in [1.165, 1.54) is 0 Å². The summed E-state index contributed by atoms with van der Waals surface area (Å²) in [6.07, 6.45) is 1.16. The predicted molar refractivity (Wildman–Crippen MR) is 78.6 cm³/mol. The molecule has 96 valence electrons. The van der Waals surface area contributed by atoms with E-state index in [0.29, 0.717) is 21.8 Å². The molecule has 0 aromatic carbocycles. The molecule has 0 bridgehead atoms. The number of nitrogens with one attached hydrogen (secondary N) is 1. The van der Waals surface area contributed by atoms with Crippen LogP contribution in [0, 0.1) is 5.92 Å². The Labute approximate surface area is 117 Å². The summed E-state index contributed by atoms with van der Waals surface area (Å²) in [5, 5.41) is 5.19. The van der Waals surface area contributed by atoms with E-state index >= 15 is 0 Å². The third-order valence-corrected chi connectivity index (χ3v) is 4.45. The molecular weight excluding hydrogens is 275 g/mol. The zero-order valence-electron chi connectivity index (χ0n) is 10.4. The molecule has 1 rings (SSSR count). The van der Waals surface area contributed by atoms with E-state index in [1.54, 1.807) is 17.8 Å². The average Bonchev–Trinajstić information content (AvgIpc) is 2.30. The van der Waals surface area contributed by atoms with E-state index in [2.05, 4.69) is 24.1 Å². The molecule has 0 saturated carbocycles. The van der Waals surface area contributed by atoms with Gasteiger partial charge in [-0.05, 0) is 18.9 Å². The highest BCUT2D eigenvalue weighted by atomic mass is 35.5. The van der Waals surface area contributed by atoms with Gasteiger partial charge in [-0.15, -0.1) is 11.8 Å². The first-order valence-electron chi connectivity index (χ1n) is 5.81. The first-order chi connectivity index (χ1) is 8.08. The van der Waals surface area contributed by atoms with E-state index in [1.807, 2.05) is 6.92 Å². The van der Waals surface area contributed by atoms with E-state index < -0.39 is 0 Å². The van der Waals surface area contributed by atoms with Gasteiger partial charge in [0.2, 0.25) is 0 Å². The van der Waals surface area contributed by atoms with Crippen molar-refractivity contribution in [3.8, 4) is 0 Å². The minimum Gasteiger partial charge on any atom is -0.369 e. The van der Waals surface area contributed by atoms with Crippen LogP contribution in [0.2, 0.25) is 10.0 Å². The highest BCUT2D eigenvalue weighted by Gasteiger charge is 2.10. The van der Waals surface area contributed by atoms with Gasteiger partial charge in [0.05, 0.1) is 10.0 Å². The highest BCUT2D eigenvalue weighted by molar-refractivity contribution is 7.99. The Morgan fingerprint density at radius 2 is 2.06 bits per heavy atom. The Kier molecular flexibility index (Phi) is 6.45. The van der Waals surface area contributed by atoms with Crippen molar-refractivity contribution in [2.24, 2.45) is 5.92 Å². The van der Waals surface area contributed by atoms with Crippen molar-refractivity contribution >= 4 is 40.8 Å². The van der Waals surface area contributed by atoms with Crippen LogP contribution in [-0.2, 0) is 0 Å². The molecule has 0 spiro atoms. The Morgan fingerprint density at radius 3 is 2.65 bits per heavy atom. The predicted octanol–water partition coefficient (Wildman–Crippen LogP) is 4.96. The number of hydrogen-bond acceptors (Lipinski definition) is 3. The molecule has 17 heavy (non-hydrogen) atoms. The van der Waals surface area contributed by atoms with Crippen molar-refractivity contribution in [3.63, 3.8) is 0 Å². The van der Waals surface area contributed by atoms with Crippen LogP contribution >= 0.6 is 35.0 Å². The summed E-state index contributed by atoms with van der Waals surface area (Å²) in [6, 6.07) is 1.76. The fourth-order valence-corrected chi connectivity index (χ4v) is 2.80. The molecule has 0 fully saturated rings. The van der Waals surface area contributed by atoms with E-state index in [4.69, 9.17) is 23.2 Å². The van der Waals surface area contributed by atoms with E-state index in [-0.39, 0.29) is 0 Å². The van der Waals surface area contributed by atoms with Gasteiger partial charge in [-0.3, -0.25) is 0 Å². The number of halogens is 2. The molecular formula is C12H18Cl2N2S. The molecule has 0 aliphatic carbocycles. The summed E-state index contributed by atoms with van der Waals surface area (Å²) in [6.45, 7) is 7.22. The normalized spacial score (nSPS) is 12.5. The van der Waals surface area contributed by atoms with Gasteiger partial charge in [0.1, 0.15) is 10.8 Å². The number of hydrogen-bond donors (Lipinski definition) is 1. The smallest absolute Gasteiger partial charge is 0.146 e. The Morgan fingerprint density at radius 1 is 1.35 bits per heavy atom. The van der Waals surface area contributed by atoms with Gasteiger partial charge in [-0.1, -0.05) is 43.5 Å². The lowest BCUT2D eigenvalue weighted by Gasteiger charge is -2.11. The SMILES string of the molecule is CCNc1nc(SCC(C)CC)c(Cl)cc1Cl. The lowest BCUT2D eigenvalue weighted by atomic mass is 10.2. The molecule has 0 aliphatic rings. The second-order valence-corrected chi connectivity index (χ2v) is 5.78. The maximum absolute atomic E-state index is 6.13. The fourth-order valence-electron chi connectivity index (χ4n) is 1.18. The zero-order chi connectivity index (χ0) is 12.8. The van der Waals surface area contributed by atoms with Crippen LogP contribution in [0.5, 0.6) is 0 Å². The van der Waals surface area contributed by atoms with Crippen molar-refractivity contribution in [2.75, 3.05) is 17.6 Å². The van der Waals surface area contributed by atoms with Crippen LogP contribution in [0.4, 0.5) is 5.82 Å². The van der Waals surface area contributed by atoms with Gasteiger partial charge < -0.3 is 5.32 Å². The molecule has 1 atom stereocenters. The quantitative estimate of drug-likeness (QED) is 0.750.